The second-order valence-electron chi connectivity index (χ2n) is 7.00. The molecule has 1 fully saturated rings. The van der Waals surface area contributed by atoms with Gasteiger partial charge in [0.05, 0.1) is 23.7 Å². The molecule has 2 aromatic carbocycles. The predicted octanol–water partition coefficient (Wildman–Crippen LogP) is 3.97. The van der Waals surface area contributed by atoms with Crippen molar-refractivity contribution in [2.75, 3.05) is 32.5 Å². The van der Waals surface area contributed by atoms with Gasteiger partial charge in [0.25, 0.3) is 5.56 Å². The number of para-hydroxylation sites is 1. The number of aromatic nitrogens is 2. The molecule has 2 heterocycles. The van der Waals surface area contributed by atoms with E-state index in [1.54, 1.807) is 23.4 Å². The van der Waals surface area contributed by atoms with Crippen LogP contribution in [0.5, 0.6) is 5.75 Å². The largest absolute Gasteiger partial charge is 0.497 e. The lowest BCUT2D eigenvalue weighted by molar-refractivity contribution is 0.242. The van der Waals surface area contributed by atoms with Gasteiger partial charge in [-0.3, -0.25) is 9.36 Å². The SMILES string of the molecule is COc1cccc(-n2c(SCCN3CCCCC3)nc3ccccc3c2=O)c1. The molecule has 28 heavy (non-hydrogen) atoms. The van der Waals surface area contributed by atoms with Gasteiger partial charge < -0.3 is 9.64 Å². The van der Waals surface area contributed by atoms with Crippen molar-refractivity contribution in [2.24, 2.45) is 0 Å². The third kappa shape index (κ3) is 4.08. The van der Waals surface area contributed by atoms with Gasteiger partial charge in [-0.05, 0) is 50.2 Å². The summed E-state index contributed by atoms with van der Waals surface area (Å²) in [6, 6.07) is 15.1. The number of rotatable bonds is 6. The molecule has 1 aliphatic heterocycles. The summed E-state index contributed by atoms with van der Waals surface area (Å²) in [6.45, 7) is 3.37. The van der Waals surface area contributed by atoms with E-state index in [2.05, 4.69) is 4.90 Å². The molecule has 0 unspecified atom stereocenters. The number of piperidine rings is 1. The lowest BCUT2D eigenvalue weighted by Gasteiger charge is -2.26. The lowest BCUT2D eigenvalue weighted by atomic mass is 10.1. The fraction of sp³-hybridized carbons (Fsp3) is 0.364. The number of methoxy groups -OCH3 is 1. The number of nitrogens with zero attached hydrogens (tertiary/aromatic N) is 3. The van der Waals surface area contributed by atoms with Crippen molar-refractivity contribution < 1.29 is 4.74 Å². The van der Waals surface area contributed by atoms with Crippen LogP contribution in [0, 0.1) is 0 Å². The number of hydrogen-bond donors (Lipinski definition) is 0. The number of likely N-dealkylation sites (tertiary alicyclic amines) is 1. The van der Waals surface area contributed by atoms with Crippen molar-refractivity contribution in [1.29, 1.82) is 0 Å². The van der Waals surface area contributed by atoms with E-state index in [0.29, 0.717) is 5.39 Å². The van der Waals surface area contributed by atoms with Gasteiger partial charge in [0, 0.05) is 18.4 Å². The third-order valence-corrected chi connectivity index (χ3v) is 6.06. The van der Waals surface area contributed by atoms with Crippen molar-refractivity contribution in [1.82, 2.24) is 14.5 Å². The van der Waals surface area contributed by atoms with E-state index in [1.165, 1.54) is 32.4 Å². The topological polar surface area (TPSA) is 47.4 Å². The lowest BCUT2D eigenvalue weighted by Crippen LogP contribution is -2.31. The Hall–Kier alpha value is -2.31. The van der Waals surface area contributed by atoms with Crippen molar-refractivity contribution >= 4 is 22.7 Å². The molecule has 0 aliphatic carbocycles. The van der Waals surface area contributed by atoms with Crippen LogP contribution < -0.4 is 10.3 Å². The van der Waals surface area contributed by atoms with Crippen molar-refractivity contribution in [3.05, 3.63) is 58.9 Å². The van der Waals surface area contributed by atoms with E-state index in [0.717, 1.165) is 34.4 Å². The van der Waals surface area contributed by atoms with E-state index in [9.17, 15) is 4.79 Å². The van der Waals surface area contributed by atoms with Gasteiger partial charge in [-0.2, -0.15) is 0 Å². The van der Waals surface area contributed by atoms with Crippen molar-refractivity contribution in [2.45, 2.75) is 24.4 Å². The molecule has 0 amide bonds. The maximum atomic E-state index is 13.3. The van der Waals surface area contributed by atoms with Crippen molar-refractivity contribution in [3.8, 4) is 11.4 Å². The second-order valence-corrected chi connectivity index (χ2v) is 8.07. The maximum Gasteiger partial charge on any atom is 0.266 e. The normalized spacial score (nSPS) is 15.0. The quantitative estimate of drug-likeness (QED) is 0.467. The Morgan fingerprint density at radius 2 is 1.89 bits per heavy atom. The zero-order valence-electron chi connectivity index (χ0n) is 16.1. The van der Waals surface area contributed by atoms with Gasteiger partial charge in [0.15, 0.2) is 5.16 Å². The first-order valence-corrected chi connectivity index (χ1v) is 10.8. The standard InChI is InChI=1S/C22H25N3O2S/c1-27-18-9-7-8-17(16-18)25-21(26)19-10-3-4-11-20(19)23-22(25)28-15-14-24-12-5-2-6-13-24/h3-4,7-11,16H,2,5-6,12-15H2,1H3. The minimum Gasteiger partial charge on any atom is -0.497 e. The summed E-state index contributed by atoms with van der Waals surface area (Å²) in [7, 11) is 1.63. The van der Waals surface area contributed by atoms with E-state index in [1.807, 2.05) is 48.5 Å². The van der Waals surface area contributed by atoms with Gasteiger partial charge in [0.2, 0.25) is 0 Å². The molecule has 0 N–H and O–H groups in total. The maximum absolute atomic E-state index is 13.3. The molecule has 4 rings (SSSR count). The Bertz CT molecular complexity index is 1010. The third-order valence-electron chi connectivity index (χ3n) is 5.14. The first-order valence-electron chi connectivity index (χ1n) is 9.77. The first kappa shape index (κ1) is 19.0. The monoisotopic (exact) mass is 395 g/mol. The molecule has 0 saturated carbocycles. The second kappa shape index (κ2) is 8.80. The minimum absolute atomic E-state index is 0.0423. The number of hydrogen-bond acceptors (Lipinski definition) is 5. The van der Waals surface area contributed by atoms with Crippen LogP contribution in [0.2, 0.25) is 0 Å². The summed E-state index contributed by atoms with van der Waals surface area (Å²) in [6.07, 6.45) is 3.91. The molecule has 146 valence electrons. The van der Waals surface area contributed by atoms with Gasteiger partial charge in [0.1, 0.15) is 5.75 Å². The molecule has 3 aromatic rings. The Balaban J connectivity index is 1.69. The summed E-state index contributed by atoms with van der Waals surface area (Å²) in [5, 5.41) is 1.36. The Labute approximate surface area is 169 Å². The van der Waals surface area contributed by atoms with Crippen LogP contribution in [0.3, 0.4) is 0 Å². The highest BCUT2D eigenvalue weighted by molar-refractivity contribution is 7.99. The molecule has 1 saturated heterocycles. The summed E-state index contributed by atoms with van der Waals surface area (Å²) in [4.78, 5) is 20.6. The van der Waals surface area contributed by atoms with E-state index < -0.39 is 0 Å². The highest BCUT2D eigenvalue weighted by Crippen LogP contribution is 2.24. The Morgan fingerprint density at radius 3 is 2.71 bits per heavy atom. The number of thioether (sulfide) groups is 1. The number of benzene rings is 2. The minimum atomic E-state index is -0.0423. The molecule has 6 heteroatoms. The molecule has 1 aromatic heterocycles. The number of fused-ring (bicyclic) bond motifs is 1. The molecule has 0 atom stereocenters. The molecule has 1 aliphatic rings. The molecular weight excluding hydrogens is 370 g/mol. The van der Waals surface area contributed by atoms with Crippen LogP contribution in [0.4, 0.5) is 0 Å². The van der Waals surface area contributed by atoms with Crippen LogP contribution in [0.15, 0.2) is 58.5 Å². The van der Waals surface area contributed by atoms with E-state index in [-0.39, 0.29) is 5.56 Å². The molecular formula is C22H25N3O2S. The van der Waals surface area contributed by atoms with Crippen molar-refractivity contribution in [3.63, 3.8) is 0 Å². The van der Waals surface area contributed by atoms with Crippen LogP contribution in [0.25, 0.3) is 16.6 Å². The summed E-state index contributed by atoms with van der Waals surface area (Å²) in [5.74, 6) is 1.64. The van der Waals surface area contributed by atoms with Crippen LogP contribution in [-0.4, -0.2) is 46.9 Å². The van der Waals surface area contributed by atoms with Gasteiger partial charge in [-0.15, -0.1) is 0 Å². The smallest absolute Gasteiger partial charge is 0.266 e. The highest BCUT2D eigenvalue weighted by atomic mass is 32.2. The Morgan fingerprint density at radius 1 is 1.07 bits per heavy atom. The zero-order valence-corrected chi connectivity index (χ0v) is 17.0. The highest BCUT2D eigenvalue weighted by Gasteiger charge is 2.15. The fourth-order valence-corrected chi connectivity index (χ4v) is 4.65. The summed E-state index contributed by atoms with van der Waals surface area (Å²) >= 11 is 1.65. The van der Waals surface area contributed by atoms with Crippen LogP contribution in [-0.2, 0) is 0 Å². The van der Waals surface area contributed by atoms with Crippen LogP contribution in [0.1, 0.15) is 19.3 Å². The van der Waals surface area contributed by atoms with Gasteiger partial charge in [-0.25, -0.2) is 4.98 Å². The summed E-state index contributed by atoms with van der Waals surface area (Å²) < 4.78 is 7.07. The fourth-order valence-electron chi connectivity index (χ4n) is 3.64. The first-order chi connectivity index (χ1) is 13.8. The number of ether oxygens (including phenoxy) is 1. The molecule has 5 nitrogen and oxygen atoms in total. The van der Waals surface area contributed by atoms with E-state index in [4.69, 9.17) is 9.72 Å². The molecule has 0 bridgehead atoms. The zero-order chi connectivity index (χ0) is 19.3. The average molecular weight is 396 g/mol. The molecule has 0 spiro atoms. The predicted molar refractivity (Wildman–Crippen MR) is 115 cm³/mol. The van der Waals surface area contributed by atoms with Gasteiger partial charge in [-0.1, -0.05) is 36.4 Å². The van der Waals surface area contributed by atoms with E-state index >= 15 is 0 Å². The van der Waals surface area contributed by atoms with Gasteiger partial charge >= 0.3 is 0 Å². The Kier molecular flexibility index (Phi) is 5.98. The molecule has 0 radical (unpaired) electrons. The summed E-state index contributed by atoms with van der Waals surface area (Å²) in [5.41, 5.74) is 1.48. The average Bonchev–Trinajstić information content (AvgIpc) is 2.75. The van der Waals surface area contributed by atoms with Crippen LogP contribution >= 0.6 is 11.8 Å².